The summed E-state index contributed by atoms with van der Waals surface area (Å²) in [5.74, 6) is -1.73. The lowest BCUT2D eigenvalue weighted by molar-refractivity contribution is -0.165. The lowest BCUT2D eigenvalue weighted by Gasteiger charge is -2.30. The molecule has 0 saturated heterocycles. The largest absolute Gasteiger partial charge is 0.469 e. The second-order valence-electron chi connectivity index (χ2n) is 8.90. The third kappa shape index (κ3) is 7.51. The number of hydrogen-bond acceptors (Lipinski definition) is 6. The summed E-state index contributed by atoms with van der Waals surface area (Å²) in [5, 5.41) is 0. The van der Waals surface area contributed by atoms with Gasteiger partial charge in [-0.1, -0.05) is 47.5 Å². The number of methoxy groups -OCH3 is 1. The van der Waals surface area contributed by atoms with Gasteiger partial charge in [-0.05, 0) is 30.6 Å². The first-order chi connectivity index (χ1) is 12.6. The molecule has 0 bridgehead atoms. The van der Waals surface area contributed by atoms with Gasteiger partial charge in [-0.25, -0.2) is 0 Å². The molecule has 3 atom stereocenters. The Balaban J connectivity index is 2.48. The van der Waals surface area contributed by atoms with E-state index in [-0.39, 0.29) is 36.5 Å². The fourth-order valence-electron chi connectivity index (χ4n) is 3.61. The predicted octanol–water partition coefficient (Wildman–Crippen LogP) is 3.76. The van der Waals surface area contributed by atoms with Crippen LogP contribution >= 0.6 is 0 Å². The number of hydrogen-bond donors (Lipinski definition) is 0. The Morgan fingerprint density at radius 1 is 0.926 bits per heavy atom. The molecular weight excluding hydrogens is 348 g/mol. The molecule has 0 aliphatic heterocycles. The summed E-state index contributed by atoms with van der Waals surface area (Å²) in [7, 11) is 1.33. The van der Waals surface area contributed by atoms with Crippen molar-refractivity contribution >= 4 is 17.9 Å². The van der Waals surface area contributed by atoms with Crippen LogP contribution in [0.25, 0.3) is 0 Å². The zero-order valence-electron chi connectivity index (χ0n) is 17.7. The van der Waals surface area contributed by atoms with E-state index in [0.717, 1.165) is 19.3 Å². The Morgan fingerprint density at radius 2 is 1.44 bits per heavy atom. The van der Waals surface area contributed by atoms with E-state index in [2.05, 4.69) is 13.8 Å². The molecular formula is C21H36O6. The predicted molar refractivity (Wildman–Crippen MR) is 102 cm³/mol. The molecule has 27 heavy (non-hydrogen) atoms. The van der Waals surface area contributed by atoms with E-state index < -0.39 is 17.8 Å². The van der Waals surface area contributed by atoms with Gasteiger partial charge in [-0.2, -0.15) is 0 Å². The van der Waals surface area contributed by atoms with Crippen LogP contribution in [0.4, 0.5) is 0 Å². The average molecular weight is 385 g/mol. The monoisotopic (exact) mass is 384 g/mol. The third-order valence-electron chi connectivity index (χ3n) is 5.18. The second-order valence-corrected chi connectivity index (χ2v) is 8.90. The van der Waals surface area contributed by atoms with Crippen LogP contribution < -0.4 is 0 Å². The van der Waals surface area contributed by atoms with Crippen LogP contribution in [0.2, 0.25) is 0 Å². The van der Waals surface area contributed by atoms with E-state index >= 15 is 0 Å². The molecule has 0 heterocycles. The molecule has 1 aliphatic carbocycles. The molecule has 1 rings (SSSR count). The first-order valence-electron chi connectivity index (χ1n) is 9.99. The number of carbonyl (C=O) groups excluding carboxylic acids is 3. The maximum atomic E-state index is 12.4. The molecule has 156 valence electrons. The maximum Gasteiger partial charge on any atom is 0.309 e. The van der Waals surface area contributed by atoms with Crippen molar-refractivity contribution in [2.75, 3.05) is 20.3 Å². The van der Waals surface area contributed by atoms with Crippen molar-refractivity contribution in [2.24, 2.45) is 29.1 Å². The summed E-state index contributed by atoms with van der Waals surface area (Å²) in [6.07, 6.45) is 3.82. The highest BCUT2D eigenvalue weighted by Crippen LogP contribution is 2.33. The normalized spacial score (nSPS) is 21.4. The number of rotatable bonds is 8. The zero-order chi connectivity index (χ0) is 20.6. The van der Waals surface area contributed by atoms with Crippen LogP contribution in [0.5, 0.6) is 0 Å². The van der Waals surface area contributed by atoms with E-state index in [1.54, 1.807) is 0 Å². The summed E-state index contributed by atoms with van der Waals surface area (Å²) in [6.45, 7) is 10.3. The number of ether oxygens (including phenoxy) is 3. The first-order valence-corrected chi connectivity index (χ1v) is 9.99. The molecule has 0 spiro atoms. The van der Waals surface area contributed by atoms with Gasteiger partial charge in [0.25, 0.3) is 0 Å². The SMILES string of the molecule is COC(=O)C1CCCCC1C(=O)OCCOC(=O)C(CC(C)C)C(C)(C)C. The van der Waals surface area contributed by atoms with Crippen LogP contribution in [0.1, 0.15) is 66.7 Å². The third-order valence-corrected chi connectivity index (χ3v) is 5.18. The Morgan fingerprint density at radius 3 is 1.93 bits per heavy atom. The maximum absolute atomic E-state index is 12.4. The minimum atomic E-state index is -0.467. The van der Waals surface area contributed by atoms with Crippen molar-refractivity contribution in [3.8, 4) is 0 Å². The molecule has 6 nitrogen and oxygen atoms in total. The summed E-state index contributed by atoms with van der Waals surface area (Å²) in [6, 6.07) is 0. The van der Waals surface area contributed by atoms with Crippen molar-refractivity contribution in [3.05, 3.63) is 0 Å². The van der Waals surface area contributed by atoms with Gasteiger partial charge in [0.15, 0.2) is 0 Å². The van der Waals surface area contributed by atoms with Gasteiger partial charge in [0, 0.05) is 0 Å². The standard InChI is InChI=1S/C21H36O6/c1-14(2)13-17(21(3,4)5)20(24)27-12-11-26-19(23)16-10-8-7-9-15(16)18(22)25-6/h14-17H,7-13H2,1-6H3. The van der Waals surface area contributed by atoms with Gasteiger partial charge in [0.05, 0.1) is 24.9 Å². The second kappa shape index (κ2) is 10.7. The van der Waals surface area contributed by atoms with E-state index in [4.69, 9.17) is 14.2 Å². The van der Waals surface area contributed by atoms with Gasteiger partial charge in [-0.15, -0.1) is 0 Å². The summed E-state index contributed by atoms with van der Waals surface area (Å²) in [5.41, 5.74) is -0.187. The molecule has 3 unspecified atom stereocenters. The fraction of sp³-hybridized carbons (Fsp3) is 0.857. The topological polar surface area (TPSA) is 78.9 Å². The molecule has 1 fully saturated rings. The van der Waals surface area contributed by atoms with Gasteiger partial charge in [0.2, 0.25) is 0 Å². The minimum Gasteiger partial charge on any atom is -0.469 e. The highest BCUT2D eigenvalue weighted by atomic mass is 16.6. The minimum absolute atomic E-state index is 0.00745. The molecule has 0 aromatic carbocycles. The Labute approximate surface area is 163 Å². The quantitative estimate of drug-likeness (QED) is 0.360. The molecule has 1 saturated carbocycles. The van der Waals surface area contributed by atoms with E-state index in [1.165, 1.54) is 7.11 Å². The van der Waals surface area contributed by atoms with E-state index in [0.29, 0.717) is 18.8 Å². The summed E-state index contributed by atoms with van der Waals surface area (Å²) < 4.78 is 15.4. The van der Waals surface area contributed by atoms with Crippen LogP contribution in [0.3, 0.4) is 0 Å². The van der Waals surface area contributed by atoms with Crippen molar-refractivity contribution in [3.63, 3.8) is 0 Å². The lowest BCUT2D eigenvalue weighted by atomic mass is 9.76. The number of carbonyl (C=O) groups is 3. The molecule has 0 amide bonds. The van der Waals surface area contributed by atoms with Crippen LogP contribution in [-0.4, -0.2) is 38.2 Å². The highest BCUT2D eigenvalue weighted by molar-refractivity contribution is 5.82. The Kier molecular flexibility index (Phi) is 9.27. The summed E-state index contributed by atoms with van der Waals surface area (Å²) >= 11 is 0. The van der Waals surface area contributed by atoms with Crippen LogP contribution in [0, 0.1) is 29.1 Å². The lowest BCUT2D eigenvalue weighted by Crippen LogP contribution is -2.35. The zero-order valence-corrected chi connectivity index (χ0v) is 17.7. The molecule has 0 aromatic heterocycles. The van der Waals surface area contributed by atoms with Crippen molar-refractivity contribution in [1.82, 2.24) is 0 Å². The van der Waals surface area contributed by atoms with Crippen molar-refractivity contribution < 1.29 is 28.6 Å². The van der Waals surface area contributed by atoms with Gasteiger partial charge in [-0.3, -0.25) is 14.4 Å². The molecule has 6 heteroatoms. The molecule has 1 aliphatic rings. The molecule has 0 aromatic rings. The summed E-state index contributed by atoms with van der Waals surface area (Å²) in [4.78, 5) is 36.6. The smallest absolute Gasteiger partial charge is 0.309 e. The van der Waals surface area contributed by atoms with Crippen LogP contribution in [-0.2, 0) is 28.6 Å². The average Bonchev–Trinajstić information content (AvgIpc) is 2.61. The molecule has 0 N–H and O–H groups in total. The van der Waals surface area contributed by atoms with E-state index in [1.807, 2.05) is 20.8 Å². The Hall–Kier alpha value is -1.59. The molecule has 0 radical (unpaired) electrons. The van der Waals surface area contributed by atoms with Gasteiger partial charge in [0.1, 0.15) is 13.2 Å². The van der Waals surface area contributed by atoms with Crippen LogP contribution in [0.15, 0.2) is 0 Å². The van der Waals surface area contributed by atoms with Gasteiger partial charge < -0.3 is 14.2 Å². The van der Waals surface area contributed by atoms with E-state index in [9.17, 15) is 14.4 Å². The van der Waals surface area contributed by atoms with Gasteiger partial charge >= 0.3 is 17.9 Å². The van der Waals surface area contributed by atoms with Crippen molar-refractivity contribution in [1.29, 1.82) is 0 Å². The fourth-order valence-corrected chi connectivity index (χ4v) is 3.61. The number of esters is 3. The highest BCUT2D eigenvalue weighted by Gasteiger charge is 2.37. The Bertz CT molecular complexity index is 505. The van der Waals surface area contributed by atoms with Crippen molar-refractivity contribution in [2.45, 2.75) is 66.7 Å². The first kappa shape index (κ1) is 23.4.